The molecule has 1 amide bonds. The number of rotatable bonds is 9. The first-order chi connectivity index (χ1) is 19.7. The van der Waals surface area contributed by atoms with Gasteiger partial charge in [0.1, 0.15) is 11.5 Å². The number of sulfone groups is 1. The van der Waals surface area contributed by atoms with E-state index in [1.807, 2.05) is 29.7 Å². The molecule has 12 heteroatoms. The predicted octanol–water partition coefficient (Wildman–Crippen LogP) is 5.91. The summed E-state index contributed by atoms with van der Waals surface area (Å²) < 4.78 is 80.5. The first-order valence-corrected chi connectivity index (χ1v) is 14.9. The molecule has 0 fully saturated rings. The van der Waals surface area contributed by atoms with Crippen molar-refractivity contribution in [3.8, 4) is 17.3 Å². The minimum absolute atomic E-state index is 0.0674. The van der Waals surface area contributed by atoms with Gasteiger partial charge in [-0.15, -0.1) is 0 Å². The van der Waals surface area contributed by atoms with Crippen molar-refractivity contribution in [3.63, 3.8) is 0 Å². The van der Waals surface area contributed by atoms with Crippen LogP contribution in [0.5, 0.6) is 0 Å². The molecule has 7 nitrogen and oxygen atoms in total. The van der Waals surface area contributed by atoms with Crippen LogP contribution in [0.15, 0.2) is 60.8 Å². The second kappa shape index (κ2) is 11.9. The van der Waals surface area contributed by atoms with E-state index in [1.54, 1.807) is 31.2 Å². The van der Waals surface area contributed by atoms with Crippen LogP contribution in [0, 0.1) is 24.1 Å². The fraction of sp³-hybridized carbons (Fsp3) is 0.300. The van der Waals surface area contributed by atoms with Crippen molar-refractivity contribution in [2.24, 2.45) is 0 Å². The second-order valence-electron chi connectivity index (χ2n) is 9.96. The van der Waals surface area contributed by atoms with E-state index in [1.165, 1.54) is 11.8 Å². The molecular weight excluding hydrogens is 572 g/mol. The van der Waals surface area contributed by atoms with E-state index in [2.05, 4.69) is 6.07 Å². The number of amides is 1. The Kier molecular flexibility index (Phi) is 8.73. The number of nitrogens with zero attached hydrogens (tertiary/aromatic N) is 4. The average Bonchev–Trinajstić information content (AvgIpc) is 3.32. The van der Waals surface area contributed by atoms with Gasteiger partial charge in [-0.3, -0.25) is 9.20 Å². The number of halogens is 4. The number of fused-ring (bicyclic) bond motifs is 1. The van der Waals surface area contributed by atoms with Gasteiger partial charge in [0.25, 0.3) is 0 Å². The number of aryl methyl sites for hydroxylation is 1. The van der Waals surface area contributed by atoms with Crippen LogP contribution in [0.3, 0.4) is 0 Å². The third-order valence-corrected chi connectivity index (χ3v) is 8.74. The number of carbonyl (C=O) groups is 1. The summed E-state index contributed by atoms with van der Waals surface area (Å²) in [6.07, 6.45) is -3.65. The molecule has 0 radical (unpaired) electrons. The summed E-state index contributed by atoms with van der Waals surface area (Å²) in [5, 5.41) is 9.24. The van der Waals surface area contributed by atoms with Gasteiger partial charge in [-0.1, -0.05) is 25.1 Å². The Bertz CT molecular complexity index is 1780. The molecule has 4 rings (SSSR count). The topological polar surface area (TPSA) is 95.5 Å². The Balaban J connectivity index is 1.80. The average molecular weight is 601 g/mol. The van der Waals surface area contributed by atoms with Crippen molar-refractivity contribution >= 4 is 21.4 Å². The molecule has 0 saturated carbocycles. The number of nitriles is 1. The van der Waals surface area contributed by atoms with Crippen molar-refractivity contribution in [3.05, 3.63) is 94.6 Å². The first kappa shape index (κ1) is 30.7. The standard InChI is InChI=1S/C30H28F4N4O3S/c1-4-42(40,41)14-13-37(27(39)17-22-7-10-25(31)24(16-22)30(32,33)34)20(3)28-29(23-8-5-21(18-35)6-9-23)38-12-11-19(2)15-26(38)36-28/h5-12,15-16,20H,4,13-14,17H2,1-3H3. The van der Waals surface area contributed by atoms with Gasteiger partial charge in [0.15, 0.2) is 9.84 Å². The van der Waals surface area contributed by atoms with Crippen LogP contribution in [-0.4, -0.2) is 46.7 Å². The quantitative estimate of drug-likeness (QED) is 0.223. The molecule has 1 unspecified atom stereocenters. The second-order valence-corrected chi connectivity index (χ2v) is 12.4. The minimum atomic E-state index is -4.95. The lowest BCUT2D eigenvalue weighted by atomic mass is 10.0. The van der Waals surface area contributed by atoms with Gasteiger partial charge in [0.05, 0.1) is 46.8 Å². The molecule has 220 valence electrons. The Morgan fingerprint density at radius 2 is 1.81 bits per heavy atom. The van der Waals surface area contributed by atoms with Crippen LogP contribution < -0.4 is 0 Å². The van der Waals surface area contributed by atoms with E-state index in [0.717, 1.165) is 11.6 Å². The predicted molar refractivity (Wildman–Crippen MR) is 150 cm³/mol. The highest BCUT2D eigenvalue weighted by Gasteiger charge is 2.35. The molecule has 0 aliphatic rings. The molecule has 2 aromatic heterocycles. The summed E-state index contributed by atoms with van der Waals surface area (Å²) in [7, 11) is -3.52. The Morgan fingerprint density at radius 1 is 1.12 bits per heavy atom. The molecule has 0 aliphatic carbocycles. The van der Waals surface area contributed by atoms with Crippen LogP contribution in [0.2, 0.25) is 0 Å². The molecule has 42 heavy (non-hydrogen) atoms. The van der Waals surface area contributed by atoms with Gasteiger partial charge >= 0.3 is 6.18 Å². The summed E-state index contributed by atoms with van der Waals surface area (Å²) in [4.78, 5) is 19.7. The molecular formula is C30H28F4N4O3S. The van der Waals surface area contributed by atoms with Crippen molar-refractivity contribution in [1.82, 2.24) is 14.3 Å². The highest BCUT2D eigenvalue weighted by Crippen LogP contribution is 2.34. The van der Waals surface area contributed by atoms with Crippen molar-refractivity contribution in [2.75, 3.05) is 18.1 Å². The summed E-state index contributed by atoms with van der Waals surface area (Å²) in [5.41, 5.74) is 2.12. The summed E-state index contributed by atoms with van der Waals surface area (Å²) >= 11 is 0. The summed E-state index contributed by atoms with van der Waals surface area (Å²) in [5.74, 6) is -2.62. The molecule has 0 bridgehead atoms. The third kappa shape index (κ3) is 6.62. The molecule has 2 aromatic carbocycles. The number of alkyl halides is 3. The molecule has 1 atom stereocenters. The zero-order chi connectivity index (χ0) is 30.8. The highest BCUT2D eigenvalue weighted by molar-refractivity contribution is 7.91. The molecule has 0 spiro atoms. The zero-order valence-corrected chi connectivity index (χ0v) is 23.9. The van der Waals surface area contributed by atoms with Gasteiger partial charge in [0, 0.05) is 24.1 Å². The largest absolute Gasteiger partial charge is 0.419 e. The zero-order valence-electron chi connectivity index (χ0n) is 23.1. The Hall–Kier alpha value is -4.24. The number of pyridine rings is 1. The molecule has 4 aromatic rings. The number of benzene rings is 2. The lowest BCUT2D eigenvalue weighted by Crippen LogP contribution is -2.38. The SMILES string of the molecule is CCS(=O)(=O)CCN(C(=O)Cc1ccc(F)c(C(F)(F)F)c1)C(C)c1nc2cc(C)ccn2c1-c1ccc(C#N)cc1. The van der Waals surface area contributed by atoms with E-state index in [-0.39, 0.29) is 23.6 Å². The Morgan fingerprint density at radius 3 is 2.43 bits per heavy atom. The van der Waals surface area contributed by atoms with E-state index in [9.17, 15) is 36.0 Å². The normalized spacial score (nSPS) is 12.7. The maximum Gasteiger partial charge on any atom is 0.419 e. The number of imidazole rings is 1. The Labute approximate surface area is 240 Å². The molecule has 0 aliphatic heterocycles. The van der Waals surface area contributed by atoms with Gasteiger partial charge in [-0.25, -0.2) is 17.8 Å². The molecule has 2 heterocycles. The van der Waals surface area contributed by atoms with Crippen LogP contribution >= 0.6 is 0 Å². The smallest absolute Gasteiger partial charge is 0.333 e. The molecule has 0 N–H and O–H groups in total. The van der Waals surface area contributed by atoms with Crippen LogP contribution in [0.4, 0.5) is 17.6 Å². The monoisotopic (exact) mass is 600 g/mol. The van der Waals surface area contributed by atoms with E-state index < -0.39 is 45.8 Å². The summed E-state index contributed by atoms with van der Waals surface area (Å²) in [6.45, 7) is 4.81. The van der Waals surface area contributed by atoms with Crippen LogP contribution in [-0.2, 0) is 27.2 Å². The van der Waals surface area contributed by atoms with Crippen LogP contribution in [0.1, 0.15) is 47.8 Å². The minimum Gasteiger partial charge on any atom is -0.333 e. The van der Waals surface area contributed by atoms with Crippen LogP contribution in [0.25, 0.3) is 16.9 Å². The fourth-order valence-corrected chi connectivity index (χ4v) is 5.45. The maximum atomic E-state index is 13.9. The lowest BCUT2D eigenvalue weighted by Gasteiger charge is -2.29. The van der Waals surface area contributed by atoms with E-state index in [4.69, 9.17) is 4.98 Å². The maximum absolute atomic E-state index is 13.9. The number of aromatic nitrogens is 2. The third-order valence-electron chi connectivity index (χ3n) is 7.05. The number of hydrogen-bond donors (Lipinski definition) is 0. The molecule has 0 saturated heterocycles. The van der Waals surface area contributed by atoms with Crippen molar-refractivity contribution < 1.29 is 30.8 Å². The van der Waals surface area contributed by atoms with Gasteiger partial charge < -0.3 is 4.90 Å². The number of hydrogen-bond acceptors (Lipinski definition) is 5. The van der Waals surface area contributed by atoms with Gasteiger partial charge in [-0.2, -0.15) is 18.4 Å². The van der Waals surface area contributed by atoms with Crippen molar-refractivity contribution in [1.29, 1.82) is 5.26 Å². The first-order valence-electron chi connectivity index (χ1n) is 13.1. The fourth-order valence-electron chi connectivity index (χ4n) is 4.69. The highest BCUT2D eigenvalue weighted by atomic mass is 32.2. The van der Waals surface area contributed by atoms with E-state index >= 15 is 0 Å². The summed E-state index contributed by atoms with van der Waals surface area (Å²) in [6, 6.07) is 14.1. The van der Waals surface area contributed by atoms with E-state index in [0.29, 0.717) is 40.3 Å². The lowest BCUT2D eigenvalue weighted by molar-refractivity contribution is -0.140. The van der Waals surface area contributed by atoms with Crippen molar-refractivity contribution in [2.45, 2.75) is 39.4 Å². The van der Waals surface area contributed by atoms with Gasteiger partial charge in [0.2, 0.25) is 5.91 Å². The number of carbonyl (C=O) groups excluding carboxylic acids is 1. The van der Waals surface area contributed by atoms with Gasteiger partial charge in [-0.05, 0) is 61.4 Å².